The average Bonchev–Trinajstić information content (AvgIpc) is 3.02. The Hall–Kier alpha value is -3.49. The smallest absolute Gasteiger partial charge is 0.325 e. The van der Waals surface area contributed by atoms with Crippen molar-refractivity contribution in [2.45, 2.75) is 37.9 Å². The molecule has 166 valence electrons. The standard InChI is InChI=1S/C23H23FN4O4/c24-17-4-1-3-14(8-17)11-28-22(31)18(25-23(28)32)9-21(30)26-10-15-7-16(13-26)19-5-2-6-20(29)27(19)12-15/h1-6,8,15-16,18H,7,9-13H2,(H,25,32). The number of nitrogens with one attached hydrogen (secondary N) is 1. The van der Waals surface area contributed by atoms with Crippen LogP contribution in [-0.4, -0.2) is 51.3 Å². The van der Waals surface area contributed by atoms with Gasteiger partial charge < -0.3 is 14.8 Å². The number of carbonyl (C=O) groups is 3. The number of benzene rings is 1. The van der Waals surface area contributed by atoms with E-state index < -0.39 is 23.8 Å². The molecule has 4 amide bonds. The molecule has 5 rings (SSSR count). The summed E-state index contributed by atoms with van der Waals surface area (Å²) in [5, 5.41) is 2.58. The third kappa shape index (κ3) is 3.68. The monoisotopic (exact) mass is 438 g/mol. The van der Waals surface area contributed by atoms with E-state index in [0.717, 1.165) is 17.0 Å². The number of hydrogen-bond donors (Lipinski definition) is 1. The highest BCUT2D eigenvalue weighted by Gasteiger charge is 2.41. The summed E-state index contributed by atoms with van der Waals surface area (Å²) in [4.78, 5) is 53.0. The van der Waals surface area contributed by atoms with Crippen molar-refractivity contribution >= 4 is 17.8 Å². The number of hydrogen-bond acceptors (Lipinski definition) is 4. The number of fused-ring (bicyclic) bond motifs is 4. The molecular formula is C23H23FN4O4. The number of aromatic nitrogens is 1. The molecule has 0 radical (unpaired) electrons. The highest BCUT2D eigenvalue weighted by Crippen LogP contribution is 2.35. The molecule has 2 saturated heterocycles. The maximum atomic E-state index is 13.4. The lowest BCUT2D eigenvalue weighted by Gasteiger charge is -2.43. The van der Waals surface area contributed by atoms with Crippen LogP contribution in [0, 0.1) is 11.7 Å². The predicted octanol–water partition coefficient (Wildman–Crippen LogP) is 1.44. The predicted molar refractivity (Wildman–Crippen MR) is 112 cm³/mol. The Morgan fingerprint density at radius 1 is 1.06 bits per heavy atom. The SMILES string of the molecule is O=C(CC1NC(=O)N(Cc2cccc(F)c2)C1=O)N1CC2CC(C1)c1cccc(=O)n1C2. The lowest BCUT2D eigenvalue weighted by atomic mass is 9.83. The number of piperidine rings is 1. The van der Waals surface area contributed by atoms with Crippen molar-refractivity contribution in [2.75, 3.05) is 13.1 Å². The molecule has 2 aromatic rings. The molecule has 4 heterocycles. The normalized spacial score (nSPS) is 24.3. The van der Waals surface area contributed by atoms with Crippen LogP contribution in [0.1, 0.15) is 30.0 Å². The number of imide groups is 1. The number of halogens is 1. The number of likely N-dealkylation sites (tertiary alicyclic amines) is 1. The minimum absolute atomic E-state index is 0.0189. The molecule has 3 aliphatic rings. The van der Waals surface area contributed by atoms with Crippen LogP contribution < -0.4 is 10.9 Å². The second-order valence-electron chi connectivity index (χ2n) is 8.76. The Morgan fingerprint density at radius 3 is 2.69 bits per heavy atom. The van der Waals surface area contributed by atoms with Crippen molar-refractivity contribution in [1.29, 1.82) is 0 Å². The molecule has 2 fully saturated rings. The molecule has 0 aliphatic carbocycles. The Bertz CT molecular complexity index is 1160. The summed E-state index contributed by atoms with van der Waals surface area (Å²) in [5.74, 6) is -0.859. The van der Waals surface area contributed by atoms with Crippen LogP contribution in [0.2, 0.25) is 0 Å². The van der Waals surface area contributed by atoms with Gasteiger partial charge in [0.25, 0.3) is 11.5 Å². The average molecular weight is 438 g/mol. The van der Waals surface area contributed by atoms with Gasteiger partial charge in [0.1, 0.15) is 11.9 Å². The summed E-state index contributed by atoms with van der Waals surface area (Å²) < 4.78 is 15.2. The number of nitrogens with zero attached hydrogens (tertiary/aromatic N) is 3. The largest absolute Gasteiger partial charge is 0.342 e. The molecule has 0 spiro atoms. The molecule has 3 unspecified atom stereocenters. The maximum Gasteiger partial charge on any atom is 0.325 e. The van der Waals surface area contributed by atoms with Crippen LogP contribution >= 0.6 is 0 Å². The fourth-order valence-corrected chi connectivity index (χ4v) is 5.09. The third-order valence-electron chi connectivity index (χ3n) is 6.55. The molecule has 1 N–H and O–H groups in total. The summed E-state index contributed by atoms with van der Waals surface area (Å²) >= 11 is 0. The number of carbonyl (C=O) groups excluding carboxylic acids is 3. The maximum absolute atomic E-state index is 13.4. The van der Waals surface area contributed by atoms with Crippen molar-refractivity contribution < 1.29 is 18.8 Å². The van der Waals surface area contributed by atoms with Crippen molar-refractivity contribution in [1.82, 2.24) is 19.7 Å². The van der Waals surface area contributed by atoms with Crippen molar-refractivity contribution in [3.05, 3.63) is 69.9 Å². The van der Waals surface area contributed by atoms with Crippen LogP contribution in [-0.2, 0) is 22.7 Å². The zero-order valence-corrected chi connectivity index (χ0v) is 17.4. The van der Waals surface area contributed by atoms with Crippen LogP contribution in [0.4, 0.5) is 9.18 Å². The summed E-state index contributed by atoms with van der Waals surface area (Å²) in [7, 11) is 0. The lowest BCUT2D eigenvalue weighted by Crippen LogP contribution is -2.50. The van der Waals surface area contributed by atoms with Gasteiger partial charge in [-0.3, -0.25) is 19.3 Å². The molecule has 2 bridgehead atoms. The van der Waals surface area contributed by atoms with E-state index in [1.165, 1.54) is 18.2 Å². The van der Waals surface area contributed by atoms with E-state index >= 15 is 0 Å². The summed E-state index contributed by atoms with van der Waals surface area (Å²) in [6, 6.07) is 9.44. The highest BCUT2D eigenvalue weighted by molar-refractivity contribution is 6.05. The van der Waals surface area contributed by atoms with Gasteiger partial charge >= 0.3 is 6.03 Å². The zero-order chi connectivity index (χ0) is 22.4. The van der Waals surface area contributed by atoms with E-state index in [0.29, 0.717) is 25.2 Å². The summed E-state index contributed by atoms with van der Waals surface area (Å²) in [5.41, 5.74) is 1.42. The van der Waals surface area contributed by atoms with E-state index in [4.69, 9.17) is 0 Å². The molecule has 32 heavy (non-hydrogen) atoms. The molecule has 1 aromatic carbocycles. The van der Waals surface area contributed by atoms with Gasteiger partial charge in [0.2, 0.25) is 5.91 Å². The Balaban J connectivity index is 1.25. The number of amides is 4. The number of urea groups is 1. The van der Waals surface area contributed by atoms with Crippen molar-refractivity contribution in [3.8, 4) is 0 Å². The molecule has 0 saturated carbocycles. The van der Waals surface area contributed by atoms with Crippen LogP contribution in [0.5, 0.6) is 0 Å². The highest BCUT2D eigenvalue weighted by atomic mass is 19.1. The fourth-order valence-electron chi connectivity index (χ4n) is 5.09. The molecule has 8 nitrogen and oxygen atoms in total. The lowest BCUT2D eigenvalue weighted by molar-refractivity contribution is -0.137. The first kappa shape index (κ1) is 20.4. The van der Waals surface area contributed by atoms with Gasteiger partial charge in [-0.1, -0.05) is 18.2 Å². The quantitative estimate of drug-likeness (QED) is 0.732. The van der Waals surface area contributed by atoms with Gasteiger partial charge in [-0.05, 0) is 36.1 Å². The van der Waals surface area contributed by atoms with Gasteiger partial charge in [0, 0.05) is 37.3 Å². The first-order valence-electron chi connectivity index (χ1n) is 10.7. The molecule has 3 atom stereocenters. The summed E-state index contributed by atoms with van der Waals surface area (Å²) in [6.45, 7) is 1.54. The van der Waals surface area contributed by atoms with E-state index in [-0.39, 0.29) is 36.3 Å². The van der Waals surface area contributed by atoms with Crippen LogP contribution in [0.15, 0.2) is 47.3 Å². The Labute approximate surface area is 183 Å². The van der Waals surface area contributed by atoms with E-state index in [1.807, 2.05) is 6.07 Å². The number of rotatable bonds is 4. The minimum Gasteiger partial charge on any atom is -0.342 e. The first-order chi connectivity index (χ1) is 15.4. The number of pyridine rings is 1. The van der Waals surface area contributed by atoms with Gasteiger partial charge in [-0.15, -0.1) is 0 Å². The summed E-state index contributed by atoms with van der Waals surface area (Å²) in [6.07, 6.45) is 0.805. The van der Waals surface area contributed by atoms with Gasteiger partial charge in [0.15, 0.2) is 0 Å². The topological polar surface area (TPSA) is 91.7 Å². The minimum atomic E-state index is -0.930. The Kier molecular flexibility index (Phi) is 5.03. The third-order valence-corrected chi connectivity index (χ3v) is 6.55. The van der Waals surface area contributed by atoms with Gasteiger partial charge in [-0.25, -0.2) is 9.18 Å². The van der Waals surface area contributed by atoms with Gasteiger partial charge in [-0.2, -0.15) is 0 Å². The molecule has 9 heteroatoms. The molecule has 1 aromatic heterocycles. The molecular weight excluding hydrogens is 415 g/mol. The second kappa shape index (κ2) is 7.89. The van der Waals surface area contributed by atoms with Crippen molar-refractivity contribution in [3.63, 3.8) is 0 Å². The van der Waals surface area contributed by atoms with Crippen LogP contribution in [0.3, 0.4) is 0 Å². The van der Waals surface area contributed by atoms with E-state index in [2.05, 4.69) is 5.32 Å². The zero-order valence-electron chi connectivity index (χ0n) is 17.4. The molecule has 3 aliphatic heterocycles. The first-order valence-corrected chi connectivity index (χ1v) is 10.7. The second-order valence-corrected chi connectivity index (χ2v) is 8.76. The van der Waals surface area contributed by atoms with E-state index in [9.17, 15) is 23.6 Å². The van der Waals surface area contributed by atoms with Crippen LogP contribution in [0.25, 0.3) is 0 Å². The fraction of sp³-hybridized carbons (Fsp3) is 0.391. The van der Waals surface area contributed by atoms with E-state index in [1.54, 1.807) is 27.7 Å². The van der Waals surface area contributed by atoms with Gasteiger partial charge in [0.05, 0.1) is 13.0 Å². The Morgan fingerprint density at radius 2 is 1.88 bits per heavy atom. The van der Waals surface area contributed by atoms with Crippen molar-refractivity contribution in [2.24, 2.45) is 5.92 Å².